The maximum atomic E-state index is 6.07. The molecule has 1 fully saturated rings. The van der Waals surface area contributed by atoms with Crippen molar-refractivity contribution in [2.45, 2.75) is 57.7 Å². The Balaban J connectivity index is 1.11. The fourth-order valence-electron chi connectivity index (χ4n) is 5.22. The van der Waals surface area contributed by atoms with Gasteiger partial charge in [-0.05, 0) is 43.7 Å². The topological polar surface area (TPSA) is 105 Å². The van der Waals surface area contributed by atoms with E-state index >= 15 is 0 Å². The lowest BCUT2D eigenvalue weighted by molar-refractivity contribution is -0.0300. The Labute approximate surface area is 262 Å². The van der Waals surface area contributed by atoms with E-state index in [9.17, 15) is 0 Å². The standard InChI is InChI=1S/C33H50N6O5/c1-4-16-40-17-18-41-19-20-42-21-22-43-23-24-44-29-12-10-28(11-13-29)36-33-34-15-14-31(37-33)30-25-35-39(32(30)38(2)3)26-27-8-6-5-7-9-27/h5-9,14-15,25,28-29H,4,10-13,16-24,26H2,1-3H3,(H,34,36,37)/t28-,29-. The Morgan fingerprint density at radius 3 is 2.09 bits per heavy atom. The van der Waals surface area contributed by atoms with Crippen LogP contribution in [0.25, 0.3) is 11.3 Å². The van der Waals surface area contributed by atoms with Gasteiger partial charge in [0.25, 0.3) is 0 Å². The van der Waals surface area contributed by atoms with E-state index in [1.807, 2.05) is 43.3 Å². The van der Waals surface area contributed by atoms with Crippen LogP contribution < -0.4 is 10.2 Å². The summed E-state index contributed by atoms with van der Waals surface area (Å²) in [4.78, 5) is 11.5. The van der Waals surface area contributed by atoms with Gasteiger partial charge in [0.15, 0.2) is 0 Å². The molecule has 0 atom stereocenters. The molecule has 1 aliphatic carbocycles. The second kappa shape index (κ2) is 19.3. The molecule has 0 bridgehead atoms. The first-order valence-electron chi connectivity index (χ1n) is 15.9. The largest absolute Gasteiger partial charge is 0.379 e. The quantitative estimate of drug-likeness (QED) is 0.171. The minimum atomic E-state index is 0.261. The molecule has 44 heavy (non-hydrogen) atoms. The number of hydrogen-bond acceptors (Lipinski definition) is 10. The molecule has 1 aliphatic rings. The lowest BCUT2D eigenvalue weighted by Gasteiger charge is -2.29. The van der Waals surface area contributed by atoms with Crippen LogP contribution in [-0.2, 0) is 30.2 Å². The summed E-state index contributed by atoms with van der Waals surface area (Å²) < 4.78 is 30.1. The van der Waals surface area contributed by atoms with Gasteiger partial charge in [0.2, 0.25) is 5.95 Å². The Bertz CT molecular complexity index is 1190. The Hall–Kier alpha value is -3.09. The molecule has 1 saturated carbocycles. The van der Waals surface area contributed by atoms with E-state index in [-0.39, 0.29) is 6.10 Å². The maximum Gasteiger partial charge on any atom is 0.223 e. The van der Waals surface area contributed by atoms with E-state index in [1.165, 1.54) is 5.56 Å². The third kappa shape index (κ3) is 11.4. The van der Waals surface area contributed by atoms with Crippen LogP contribution in [0.4, 0.5) is 11.8 Å². The second-order valence-electron chi connectivity index (χ2n) is 11.1. The fourth-order valence-corrected chi connectivity index (χ4v) is 5.22. The van der Waals surface area contributed by atoms with Crippen LogP contribution in [0.15, 0.2) is 48.8 Å². The highest BCUT2D eigenvalue weighted by Gasteiger charge is 2.23. The van der Waals surface area contributed by atoms with Crippen LogP contribution in [0, 0.1) is 0 Å². The number of hydrogen-bond donors (Lipinski definition) is 1. The smallest absolute Gasteiger partial charge is 0.223 e. The highest BCUT2D eigenvalue weighted by Crippen LogP contribution is 2.30. The van der Waals surface area contributed by atoms with Crippen molar-refractivity contribution in [3.8, 4) is 11.3 Å². The third-order valence-corrected chi connectivity index (χ3v) is 7.40. The number of ether oxygens (including phenoxy) is 5. The molecular weight excluding hydrogens is 560 g/mol. The van der Waals surface area contributed by atoms with Crippen molar-refractivity contribution in [1.82, 2.24) is 19.7 Å². The van der Waals surface area contributed by atoms with Crippen molar-refractivity contribution in [2.24, 2.45) is 0 Å². The van der Waals surface area contributed by atoms with Gasteiger partial charge in [-0.3, -0.25) is 0 Å². The predicted molar refractivity (Wildman–Crippen MR) is 172 cm³/mol. The van der Waals surface area contributed by atoms with Gasteiger partial charge in [-0.25, -0.2) is 14.6 Å². The molecule has 11 nitrogen and oxygen atoms in total. The van der Waals surface area contributed by atoms with E-state index in [1.54, 1.807) is 0 Å². The number of benzene rings is 1. The SMILES string of the molecule is CCCOCCOCCOCCOCCO[C@H]1CC[C@H](Nc2nccc(-c3cnn(Cc4ccccc4)c3N(C)C)n2)CC1. The Kier molecular flexibility index (Phi) is 14.8. The predicted octanol–water partition coefficient (Wildman–Crippen LogP) is 4.67. The Morgan fingerprint density at radius 1 is 0.818 bits per heavy atom. The molecule has 1 N–H and O–H groups in total. The molecule has 0 spiro atoms. The molecule has 242 valence electrons. The minimum absolute atomic E-state index is 0.261. The van der Waals surface area contributed by atoms with Gasteiger partial charge >= 0.3 is 0 Å². The fraction of sp³-hybridized carbons (Fsp3) is 0.606. The summed E-state index contributed by atoms with van der Waals surface area (Å²) in [5.74, 6) is 1.66. The van der Waals surface area contributed by atoms with E-state index in [2.05, 4.69) is 51.5 Å². The summed E-state index contributed by atoms with van der Waals surface area (Å²) in [5, 5.41) is 8.24. The molecule has 0 aliphatic heterocycles. The van der Waals surface area contributed by atoms with Crippen molar-refractivity contribution >= 4 is 11.8 Å². The summed E-state index contributed by atoms with van der Waals surface area (Å²) in [7, 11) is 4.07. The van der Waals surface area contributed by atoms with Crippen molar-refractivity contribution < 1.29 is 23.7 Å². The van der Waals surface area contributed by atoms with Crippen LogP contribution in [0.1, 0.15) is 44.6 Å². The number of anilines is 2. The lowest BCUT2D eigenvalue weighted by atomic mass is 9.93. The van der Waals surface area contributed by atoms with Gasteiger partial charge in [0.05, 0.1) is 83.0 Å². The third-order valence-electron chi connectivity index (χ3n) is 7.40. The van der Waals surface area contributed by atoms with Gasteiger partial charge < -0.3 is 33.9 Å². The second-order valence-corrected chi connectivity index (χ2v) is 11.1. The van der Waals surface area contributed by atoms with E-state index in [0.29, 0.717) is 71.4 Å². The monoisotopic (exact) mass is 610 g/mol. The van der Waals surface area contributed by atoms with Gasteiger partial charge in [0, 0.05) is 32.9 Å². The summed E-state index contributed by atoms with van der Waals surface area (Å²) in [6.07, 6.45) is 9.03. The highest BCUT2D eigenvalue weighted by atomic mass is 16.6. The summed E-state index contributed by atoms with van der Waals surface area (Å²) in [5.41, 5.74) is 3.04. The summed E-state index contributed by atoms with van der Waals surface area (Å²) >= 11 is 0. The molecule has 0 unspecified atom stereocenters. The molecule has 4 rings (SSSR count). The van der Waals surface area contributed by atoms with Crippen molar-refractivity contribution in [2.75, 3.05) is 83.8 Å². The molecule has 3 aromatic rings. The number of rotatable bonds is 21. The van der Waals surface area contributed by atoms with Gasteiger partial charge in [0.1, 0.15) is 5.82 Å². The summed E-state index contributed by atoms with van der Waals surface area (Å²) in [6.45, 7) is 8.25. The van der Waals surface area contributed by atoms with E-state index < -0.39 is 0 Å². The van der Waals surface area contributed by atoms with E-state index in [0.717, 1.165) is 55.8 Å². The molecule has 0 radical (unpaired) electrons. The molecule has 2 aromatic heterocycles. The van der Waals surface area contributed by atoms with Crippen LogP contribution in [0.2, 0.25) is 0 Å². The number of nitrogens with zero attached hydrogens (tertiary/aromatic N) is 5. The summed E-state index contributed by atoms with van der Waals surface area (Å²) in [6, 6.07) is 12.6. The first kappa shape index (κ1) is 33.8. The molecule has 2 heterocycles. The number of aromatic nitrogens is 4. The van der Waals surface area contributed by atoms with Crippen LogP contribution >= 0.6 is 0 Å². The average Bonchev–Trinajstić information content (AvgIpc) is 3.46. The lowest BCUT2D eigenvalue weighted by Crippen LogP contribution is -2.31. The normalized spacial score (nSPS) is 16.7. The minimum Gasteiger partial charge on any atom is -0.379 e. The molecule has 0 saturated heterocycles. The van der Waals surface area contributed by atoms with Crippen molar-refractivity contribution in [1.29, 1.82) is 0 Å². The highest BCUT2D eigenvalue weighted by molar-refractivity contribution is 5.73. The first-order chi connectivity index (χ1) is 21.6. The van der Waals surface area contributed by atoms with Crippen molar-refractivity contribution in [3.63, 3.8) is 0 Å². The average molecular weight is 611 g/mol. The van der Waals surface area contributed by atoms with Gasteiger partial charge in [-0.2, -0.15) is 5.10 Å². The van der Waals surface area contributed by atoms with E-state index in [4.69, 9.17) is 28.7 Å². The van der Waals surface area contributed by atoms with Gasteiger partial charge in [-0.15, -0.1) is 0 Å². The van der Waals surface area contributed by atoms with Crippen LogP contribution in [0.5, 0.6) is 0 Å². The zero-order valence-corrected chi connectivity index (χ0v) is 26.7. The molecule has 0 amide bonds. The zero-order valence-electron chi connectivity index (χ0n) is 26.7. The number of nitrogens with one attached hydrogen (secondary N) is 1. The molecule has 11 heteroatoms. The van der Waals surface area contributed by atoms with Crippen LogP contribution in [0.3, 0.4) is 0 Å². The molecule has 1 aromatic carbocycles. The Morgan fingerprint density at radius 2 is 1.45 bits per heavy atom. The molecular formula is C33H50N6O5. The maximum absolute atomic E-state index is 6.07. The van der Waals surface area contributed by atoms with Crippen LogP contribution in [-0.4, -0.2) is 105 Å². The van der Waals surface area contributed by atoms with Crippen molar-refractivity contribution in [3.05, 3.63) is 54.4 Å². The first-order valence-corrected chi connectivity index (χ1v) is 15.9. The zero-order chi connectivity index (χ0) is 30.8. The van der Waals surface area contributed by atoms with Gasteiger partial charge in [-0.1, -0.05) is 37.3 Å².